The number of rotatable bonds is 5. The summed E-state index contributed by atoms with van der Waals surface area (Å²) in [5, 5.41) is 10.8. The average Bonchev–Trinajstić information content (AvgIpc) is 2.68. The van der Waals surface area contributed by atoms with Crippen LogP contribution in [0.3, 0.4) is 0 Å². The molecule has 150 valence electrons. The van der Waals surface area contributed by atoms with Gasteiger partial charge in [0, 0.05) is 11.3 Å². The van der Waals surface area contributed by atoms with Crippen molar-refractivity contribution in [2.24, 2.45) is 0 Å². The Hall–Kier alpha value is -2.58. The standard InChI is InChI=1S/C20H15ClF3N3OS/c1-12-2-4-13(5-3-12)17-8-9-19(27-26-17)29-11-18(28)25-14-6-7-16(21)15(10-14)20(22,23)24/h2-10H,11H2,1H3,(H,25,28). The minimum atomic E-state index is -4.60. The molecule has 29 heavy (non-hydrogen) atoms. The molecule has 0 unspecified atom stereocenters. The third kappa shape index (κ3) is 5.71. The van der Waals surface area contributed by atoms with Gasteiger partial charge in [0.1, 0.15) is 5.03 Å². The Kier molecular flexibility index (Phi) is 6.44. The molecule has 0 bridgehead atoms. The third-order valence-electron chi connectivity index (χ3n) is 3.89. The molecule has 2 aromatic carbocycles. The van der Waals surface area contributed by atoms with E-state index in [9.17, 15) is 18.0 Å². The van der Waals surface area contributed by atoms with Crippen molar-refractivity contribution in [2.75, 3.05) is 11.1 Å². The summed E-state index contributed by atoms with van der Waals surface area (Å²) in [5.41, 5.74) is 1.80. The van der Waals surface area contributed by atoms with Crippen LogP contribution in [0.4, 0.5) is 18.9 Å². The lowest BCUT2D eigenvalue weighted by atomic mass is 10.1. The van der Waals surface area contributed by atoms with E-state index in [1.807, 2.05) is 31.2 Å². The second kappa shape index (κ2) is 8.84. The predicted molar refractivity (Wildman–Crippen MR) is 108 cm³/mol. The van der Waals surface area contributed by atoms with E-state index in [4.69, 9.17) is 11.6 Å². The number of carbonyl (C=O) groups is 1. The molecule has 0 radical (unpaired) electrons. The van der Waals surface area contributed by atoms with Crippen molar-refractivity contribution in [3.8, 4) is 11.3 Å². The number of nitrogens with zero attached hydrogens (tertiary/aromatic N) is 2. The molecule has 1 N–H and O–H groups in total. The van der Waals surface area contributed by atoms with Gasteiger partial charge >= 0.3 is 6.18 Å². The Balaban J connectivity index is 1.59. The highest BCUT2D eigenvalue weighted by molar-refractivity contribution is 7.99. The molecule has 9 heteroatoms. The number of hydrogen-bond donors (Lipinski definition) is 1. The molecule has 0 aliphatic rings. The molecule has 0 saturated heterocycles. The van der Waals surface area contributed by atoms with Gasteiger partial charge in [-0.3, -0.25) is 4.79 Å². The SMILES string of the molecule is Cc1ccc(-c2ccc(SCC(=O)Nc3ccc(Cl)c(C(F)(F)F)c3)nn2)cc1. The Bertz CT molecular complexity index is 1010. The number of hydrogen-bond acceptors (Lipinski definition) is 4. The minimum Gasteiger partial charge on any atom is -0.325 e. The van der Waals surface area contributed by atoms with Gasteiger partial charge in [-0.2, -0.15) is 13.2 Å². The van der Waals surface area contributed by atoms with Gasteiger partial charge < -0.3 is 5.32 Å². The highest BCUT2D eigenvalue weighted by Crippen LogP contribution is 2.36. The molecule has 0 fully saturated rings. The van der Waals surface area contributed by atoms with Crippen molar-refractivity contribution in [1.82, 2.24) is 10.2 Å². The van der Waals surface area contributed by atoms with Crippen LogP contribution in [-0.4, -0.2) is 21.9 Å². The van der Waals surface area contributed by atoms with Gasteiger partial charge in [-0.25, -0.2) is 0 Å². The van der Waals surface area contributed by atoms with E-state index in [1.165, 1.54) is 6.07 Å². The maximum atomic E-state index is 12.9. The summed E-state index contributed by atoms with van der Waals surface area (Å²) in [6.07, 6.45) is -4.60. The Labute approximate surface area is 174 Å². The number of anilines is 1. The molecule has 1 amide bonds. The zero-order valence-corrected chi connectivity index (χ0v) is 16.7. The Morgan fingerprint density at radius 1 is 1.07 bits per heavy atom. The van der Waals surface area contributed by atoms with E-state index in [1.54, 1.807) is 12.1 Å². The number of carbonyl (C=O) groups excluding carboxylic acids is 1. The number of halogens is 4. The summed E-state index contributed by atoms with van der Waals surface area (Å²) in [7, 11) is 0. The van der Waals surface area contributed by atoms with Gasteiger partial charge in [-0.1, -0.05) is 53.2 Å². The summed E-state index contributed by atoms with van der Waals surface area (Å²) in [4.78, 5) is 12.1. The number of nitrogens with one attached hydrogen (secondary N) is 1. The van der Waals surface area contributed by atoms with Crippen LogP contribution in [0.15, 0.2) is 59.6 Å². The van der Waals surface area contributed by atoms with Crippen LogP contribution >= 0.6 is 23.4 Å². The molecular weight excluding hydrogens is 423 g/mol. The first-order valence-corrected chi connectivity index (χ1v) is 9.79. The van der Waals surface area contributed by atoms with Gasteiger partial charge in [0.05, 0.1) is 22.0 Å². The number of aryl methyl sites for hydroxylation is 1. The van der Waals surface area contributed by atoms with Gasteiger partial charge in [-0.15, -0.1) is 10.2 Å². The lowest BCUT2D eigenvalue weighted by molar-refractivity contribution is -0.137. The highest BCUT2D eigenvalue weighted by atomic mass is 35.5. The molecule has 0 saturated carbocycles. The van der Waals surface area contributed by atoms with Gasteiger partial charge in [0.15, 0.2) is 0 Å². The molecule has 1 heterocycles. The van der Waals surface area contributed by atoms with Crippen LogP contribution in [0, 0.1) is 6.92 Å². The monoisotopic (exact) mass is 437 g/mol. The largest absolute Gasteiger partial charge is 0.417 e. The normalized spacial score (nSPS) is 11.3. The lowest BCUT2D eigenvalue weighted by Gasteiger charge is -2.11. The zero-order chi connectivity index (χ0) is 21.0. The van der Waals surface area contributed by atoms with Gasteiger partial charge in [-0.05, 0) is 37.3 Å². The summed E-state index contributed by atoms with van der Waals surface area (Å²) < 4.78 is 38.7. The first kappa shape index (κ1) is 21.1. The first-order valence-electron chi connectivity index (χ1n) is 8.42. The number of amides is 1. The van der Waals surface area contributed by atoms with Crippen LogP contribution in [0.25, 0.3) is 11.3 Å². The molecule has 3 rings (SSSR count). The fourth-order valence-corrected chi connectivity index (χ4v) is 3.27. The molecular formula is C20H15ClF3N3OS. The second-order valence-electron chi connectivity index (χ2n) is 6.15. The minimum absolute atomic E-state index is 0.0214. The van der Waals surface area contributed by atoms with Crippen LogP contribution in [-0.2, 0) is 11.0 Å². The zero-order valence-electron chi connectivity index (χ0n) is 15.1. The quantitative estimate of drug-likeness (QED) is 0.508. The topological polar surface area (TPSA) is 54.9 Å². The number of aromatic nitrogens is 2. The Morgan fingerprint density at radius 2 is 1.79 bits per heavy atom. The second-order valence-corrected chi connectivity index (χ2v) is 7.55. The van der Waals surface area contributed by atoms with Gasteiger partial charge in [0.25, 0.3) is 0 Å². The summed E-state index contributed by atoms with van der Waals surface area (Å²) in [5.74, 6) is -0.488. The predicted octanol–water partition coefficient (Wildman–Crippen LogP) is 5.86. The van der Waals surface area contributed by atoms with Crippen molar-refractivity contribution in [3.05, 3.63) is 70.7 Å². The van der Waals surface area contributed by atoms with Crippen LogP contribution in [0.2, 0.25) is 5.02 Å². The van der Waals surface area contributed by atoms with E-state index >= 15 is 0 Å². The van der Waals surface area contributed by atoms with Crippen molar-refractivity contribution in [2.45, 2.75) is 18.1 Å². The van der Waals surface area contributed by atoms with Gasteiger partial charge in [0.2, 0.25) is 5.91 Å². The van der Waals surface area contributed by atoms with Crippen molar-refractivity contribution in [3.63, 3.8) is 0 Å². The molecule has 4 nitrogen and oxygen atoms in total. The molecule has 0 aliphatic heterocycles. The van der Waals surface area contributed by atoms with E-state index in [0.717, 1.165) is 35.0 Å². The Morgan fingerprint density at radius 3 is 2.41 bits per heavy atom. The summed E-state index contributed by atoms with van der Waals surface area (Å²) in [6, 6.07) is 14.6. The maximum Gasteiger partial charge on any atom is 0.417 e. The molecule has 3 aromatic rings. The molecule has 1 aromatic heterocycles. The smallest absolute Gasteiger partial charge is 0.325 e. The fraction of sp³-hybridized carbons (Fsp3) is 0.150. The fourth-order valence-electron chi connectivity index (χ4n) is 2.43. The summed E-state index contributed by atoms with van der Waals surface area (Å²) >= 11 is 6.70. The van der Waals surface area contributed by atoms with E-state index in [-0.39, 0.29) is 11.4 Å². The van der Waals surface area contributed by atoms with Crippen LogP contribution < -0.4 is 5.32 Å². The van der Waals surface area contributed by atoms with E-state index < -0.39 is 22.7 Å². The third-order valence-corrected chi connectivity index (χ3v) is 5.14. The number of thioether (sulfide) groups is 1. The summed E-state index contributed by atoms with van der Waals surface area (Å²) in [6.45, 7) is 1.99. The maximum absolute atomic E-state index is 12.9. The average molecular weight is 438 g/mol. The number of alkyl halides is 3. The van der Waals surface area contributed by atoms with Crippen LogP contribution in [0.5, 0.6) is 0 Å². The van der Waals surface area contributed by atoms with Crippen LogP contribution in [0.1, 0.15) is 11.1 Å². The van der Waals surface area contributed by atoms with Crippen molar-refractivity contribution in [1.29, 1.82) is 0 Å². The lowest BCUT2D eigenvalue weighted by Crippen LogP contribution is -2.15. The van der Waals surface area contributed by atoms with E-state index in [0.29, 0.717) is 10.7 Å². The molecule has 0 aliphatic carbocycles. The van der Waals surface area contributed by atoms with Crippen molar-refractivity contribution >= 4 is 35.0 Å². The molecule has 0 spiro atoms. The van der Waals surface area contributed by atoms with E-state index in [2.05, 4.69) is 15.5 Å². The molecule has 0 atom stereocenters. The van der Waals surface area contributed by atoms with Crippen molar-refractivity contribution < 1.29 is 18.0 Å². The first-order chi connectivity index (χ1) is 13.7. The number of benzene rings is 2. The highest BCUT2D eigenvalue weighted by Gasteiger charge is 2.33.